The molecule has 0 spiro atoms. The third-order valence-electron chi connectivity index (χ3n) is 5.18. The molecule has 2 atom stereocenters. The molecule has 0 unspecified atom stereocenters. The molecule has 2 aliphatic heterocycles. The molecule has 1 aromatic heterocycles. The van der Waals surface area contributed by atoms with E-state index in [2.05, 4.69) is 15.5 Å². The van der Waals surface area contributed by atoms with E-state index in [1.807, 2.05) is 32.0 Å². The Hall–Kier alpha value is -2.14. The summed E-state index contributed by atoms with van der Waals surface area (Å²) < 4.78 is 43.7. The Morgan fingerprint density at radius 3 is 2.67 bits per heavy atom. The van der Waals surface area contributed by atoms with Gasteiger partial charge in [0, 0.05) is 37.3 Å². The third kappa shape index (κ3) is 4.77. The maximum atomic E-state index is 12.6. The minimum atomic E-state index is -3.33. The SMILES string of the molecule is C[C@@H]1CN(S(=O)(=O)CCNCc2cn[nH]c2-c2ccc3c(c2)OCCO3)C[C@H](C)O1. The zero-order valence-corrected chi connectivity index (χ0v) is 18.1. The van der Waals surface area contributed by atoms with Crippen LogP contribution in [0, 0.1) is 0 Å². The van der Waals surface area contributed by atoms with E-state index >= 15 is 0 Å². The molecule has 10 heteroatoms. The molecular weight excluding hydrogens is 408 g/mol. The van der Waals surface area contributed by atoms with Crippen molar-refractivity contribution < 1.29 is 22.6 Å². The van der Waals surface area contributed by atoms with E-state index in [0.717, 1.165) is 22.6 Å². The van der Waals surface area contributed by atoms with Gasteiger partial charge in [0.25, 0.3) is 0 Å². The minimum absolute atomic E-state index is 0.0453. The van der Waals surface area contributed by atoms with Crippen molar-refractivity contribution in [2.75, 3.05) is 38.6 Å². The molecule has 1 aromatic carbocycles. The molecule has 2 aromatic rings. The Labute approximate surface area is 176 Å². The highest BCUT2D eigenvalue weighted by Crippen LogP contribution is 2.34. The molecule has 1 saturated heterocycles. The molecule has 1 fully saturated rings. The van der Waals surface area contributed by atoms with E-state index in [4.69, 9.17) is 14.2 Å². The fraction of sp³-hybridized carbons (Fsp3) is 0.550. The van der Waals surface area contributed by atoms with Crippen molar-refractivity contribution >= 4 is 10.0 Å². The van der Waals surface area contributed by atoms with E-state index in [-0.39, 0.29) is 18.0 Å². The molecule has 2 N–H and O–H groups in total. The Morgan fingerprint density at radius 2 is 1.90 bits per heavy atom. The van der Waals surface area contributed by atoms with E-state index in [9.17, 15) is 8.42 Å². The van der Waals surface area contributed by atoms with Crippen LogP contribution in [0.15, 0.2) is 24.4 Å². The second-order valence-electron chi connectivity index (χ2n) is 7.70. The normalized spacial score (nSPS) is 22.2. The number of nitrogens with one attached hydrogen (secondary N) is 2. The average Bonchev–Trinajstić information content (AvgIpc) is 3.19. The third-order valence-corrected chi connectivity index (χ3v) is 6.99. The molecule has 3 heterocycles. The Balaban J connectivity index is 1.34. The highest BCUT2D eigenvalue weighted by Gasteiger charge is 2.30. The summed E-state index contributed by atoms with van der Waals surface area (Å²) >= 11 is 0. The summed E-state index contributed by atoms with van der Waals surface area (Å²) in [6.07, 6.45) is 1.57. The summed E-state index contributed by atoms with van der Waals surface area (Å²) in [7, 11) is -3.33. The second kappa shape index (κ2) is 8.93. The number of aromatic nitrogens is 2. The number of hydrogen-bond acceptors (Lipinski definition) is 7. The second-order valence-corrected chi connectivity index (χ2v) is 9.78. The van der Waals surface area contributed by atoms with Gasteiger partial charge in [-0.15, -0.1) is 0 Å². The molecule has 164 valence electrons. The molecule has 4 rings (SSSR count). The van der Waals surface area contributed by atoms with Gasteiger partial charge in [-0.05, 0) is 32.0 Å². The molecule has 0 amide bonds. The molecule has 0 saturated carbocycles. The van der Waals surface area contributed by atoms with Crippen LogP contribution in [0.25, 0.3) is 11.3 Å². The van der Waals surface area contributed by atoms with Crippen molar-refractivity contribution in [3.63, 3.8) is 0 Å². The Kier molecular flexibility index (Phi) is 6.28. The smallest absolute Gasteiger partial charge is 0.215 e. The van der Waals surface area contributed by atoms with Gasteiger partial charge in [-0.25, -0.2) is 8.42 Å². The molecule has 2 aliphatic rings. The predicted molar refractivity (Wildman–Crippen MR) is 112 cm³/mol. The first-order chi connectivity index (χ1) is 14.4. The van der Waals surface area contributed by atoms with E-state index in [1.54, 1.807) is 6.20 Å². The number of hydrogen-bond donors (Lipinski definition) is 2. The number of sulfonamides is 1. The van der Waals surface area contributed by atoms with Crippen molar-refractivity contribution in [2.24, 2.45) is 0 Å². The summed E-state index contributed by atoms with van der Waals surface area (Å²) in [6.45, 7) is 6.55. The van der Waals surface area contributed by atoms with Gasteiger partial charge in [0.15, 0.2) is 11.5 Å². The average molecular weight is 437 g/mol. The van der Waals surface area contributed by atoms with Crippen LogP contribution in [0.2, 0.25) is 0 Å². The van der Waals surface area contributed by atoms with Crippen molar-refractivity contribution in [1.29, 1.82) is 0 Å². The summed E-state index contributed by atoms with van der Waals surface area (Å²) in [5.74, 6) is 1.50. The number of rotatable bonds is 7. The maximum Gasteiger partial charge on any atom is 0.215 e. The number of aromatic amines is 1. The van der Waals surface area contributed by atoms with Crippen molar-refractivity contribution in [2.45, 2.75) is 32.6 Å². The van der Waals surface area contributed by atoms with Crippen LogP contribution in [-0.2, 0) is 21.3 Å². The van der Waals surface area contributed by atoms with E-state index < -0.39 is 10.0 Å². The van der Waals surface area contributed by atoms with Gasteiger partial charge in [0.05, 0.1) is 29.9 Å². The fourth-order valence-electron chi connectivity index (χ4n) is 3.81. The van der Waals surface area contributed by atoms with Crippen LogP contribution in [0.5, 0.6) is 11.5 Å². The van der Waals surface area contributed by atoms with Crippen LogP contribution in [0.1, 0.15) is 19.4 Å². The van der Waals surface area contributed by atoms with Gasteiger partial charge in [0.2, 0.25) is 10.0 Å². The lowest BCUT2D eigenvalue weighted by Crippen LogP contribution is -2.49. The maximum absolute atomic E-state index is 12.6. The van der Waals surface area contributed by atoms with Crippen LogP contribution in [0.3, 0.4) is 0 Å². The van der Waals surface area contributed by atoms with Gasteiger partial charge < -0.3 is 19.5 Å². The molecule has 0 bridgehead atoms. The fourth-order valence-corrected chi connectivity index (χ4v) is 5.34. The molecular formula is C20H28N4O5S. The number of ether oxygens (including phenoxy) is 3. The first-order valence-electron chi connectivity index (χ1n) is 10.2. The number of fused-ring (bicyclic) bond motifs is 1. The largest absolute Gasteiger partial charge is 0.486 e. The summed E-state index contributed by atoms with van der Waals surface area (Å²) in [5, 5.41) is 10.4. The van der Waals surface area contributed by atoms with Gasteiger partial charge in [-0.3, -0.25) is 5.10 Å². The zero-order valence-electron chi connectivity index (χ0n) is 17.3. The highest BCUT2D eigenvalue weighted by molar-refractivity contribution is 7.89. The lowest BCUT2D eigenvalue weighted by molar-refractivity contribution is -0.0440. The van der Waals surface area contributed by atoms with Crippen LogP contribution >= 0.6 is 0 Å². The van der Waals surface area contributed by atoms with Gasteiger partial charge in [-0.1, -0.05) is 0 Å². The summed E-state index contributed by atoms with van der Waals surface area (Å²) in [5.41, 5.74) is 2.77. The molecule has 9 nitrogen and oxygen atoms in total. The standard InChI is InChI=1S/C20H28N4O5S/c1-14-12-24(13-15(2)29-14)30(25,26)8-5-21-10-17-11-22-23-20(17)16-3-4-18-19(9-16)28-7-6-27-18/h3-4,9,11,14-15,21H,5-8,10,12-13H2,1-2H3,(H,22,23)/t14-,15+. The lowest BCUT2D eigenvalue weighted by atomic mass is 10.1. The lowest BCUT2D eigenvalue weighted by Gasteiger charge is -2.34. The number of morpholine rings is 1. The minimum Gasteiger partial charge on any atom is -0.486 e. The number of benzene rings is 1. The van der Waals surface area contributed by atoms with E-state index in [1.165, 1.54) is 4.31 Å². The van der Waals surface area contributed by atoms with Crippen LogP contribution in [0.4, 0.5) is 0 Å². The first kappa shape index (κ1) is 21.1. The Morgan fingerprint density at radius 1 is 1.17 bits per heavy atom. The monoisotopic (exact) mass is 436 g/mol. The van der Waals surface area contributed by atoms with Crippen molar-refractivity contribution in [1.82, 2.24) is 19.8 Å². The van der Waals surface area contributed by atoms with Gasteiger partial charge >= 0.3 is 0 Å². The molecule has 30 heavy (non-hydrogen) atoms. The van der Waals surface area contributed by atoms with Gasteiger partial charge in [-0.2, -0.15) is 9.40 Å². The summed E-state index contributed by atoms with van der Waals surface area (Å²) in [4.78, 5) is 0. The Bertz CT molecular complexity index is 967. The topological polar surface area (TPSA) is 106 Å². The zero-order chi connectivity index (χ0) is 21.1. The highest BCUT2D eigenvalue weighted by atomic mass is 32.2. The predicted octanol–water partition coefficient (Wildman–Crippen LogP) is 1.38. The van der Waals surface area contributed by atoms with Crippen LogP contribution < -0.4 is 14.8 Å². The van der Waals surface area contributed by atoms with Crippen molar-refractivity contribution in [3.8, 4) is 22.8 Å². The molecule has 0 aliphatic carbocycles. The van der Waals surface area contributed by atoms with E-state index in [0.29, 0.717) is 45.1 Å². The molecule has 0 radical (unpaired) electrons. The number of H-pyrrole nitrogens is 1. The number of nitrogens with zero attached hydrogens (tertiary/aromatic N) is 2. The first-order valence-corrected chi connectivity index (χ1v) is 11.8. The quantitative estimate of drug-likeness (QED) is 0.632. The van der Waals surface area contributed by atoms with Gasteiger partial charge in [0.1, 0.15) is 13.2 Å². The van der Waals surface area contributed by atoms with Crippen LogP contribution in [-0.4, -0.2) is 73.7 Å². The van der Waals surface area contributed by atoms with Crippen molar-refractivity contribution in [3.05, 3.63) is 30.0 Å². The summed E-state index contributed by atoms with van der Waals surface area (Å²) in [6, 6.07) is 5.77.